The second-order valence-corrected chi connectivity index (χ2v) is 5.01. The quantitative estimate of drug-likeness (QED) is 0.774. The van der Waals surface area contributed by atoms with Gasteiger partial charge in [-0.3, -0.25) is 0 Å². The summed E-state index contributed by atoms with van der Waals surface area (Å²) in [5.74, 6) is -0.257. The van der Waals surface area contributed by atoms with Crippen LogP contribution in [0.3, 0.4) is 0 Å². The van der Waals surface area contributed by atoms with Crippen LogP contribution in [0.2, 0.25) is 0 Å². The lowest BCUT2D eigenvalue weighted by molar-refractivity contribution is 0.395. The van der Waals surface area contributed by atoms with E-state index in [-0.39, 0.29) is 11.9 Å². The fraction of sp³-hybridized carbons (Fsp3) is 0.235. The van der Waals surface area contributed by atoms with Crippen LogP contribution >= 0.6 is 0 Å². The third-order valence-electron chi connectivity index (χ3n) is 3.48. The largest absolute Gasteiger partial charge is 0.365 e. The second-order valence-electron chi connectivity index (χ2n) is 5.01. The summed E-state index contributed by atoms with van der Waals surface area (Å²) in [6.45, 7) is 5.82. The van der Waals surface area contributed by atoms with Gasteiger partial charge in [0.1, 0.15) is 11.9 Å². The van der Waals surface area contributed by atoms with Gasteiger partial charge in [-0.1, -0.05) is 24.8 Å². The number of nitriles is 1. The summed E-state index contributed by atoms with van der Waals surface area (Å²) in [5.41, 5.74) is 3.06. The molecule has 3 heteroatoms. The molecule has 1 atom stereocenters. The zero-order valence-corrected chi connectivity index (χ0v) is 11.7. The fourth-order valence-corrected chi connectivity index (χ4v) is 2.35. The molecule has 0 saturated heterocycles. The molecule has 0 N–H and O–H groups in total. The van der Waals surface area contributed by atoms with Gasteiger partial charge in [0.25, 0.3) is 0 Å². The third-order valence-corrected chi connectivity index (χ3v) is 3.48. The van der Waals surface area contributed by atoms with E-state index in [2.05, 4.69) is 12.6 Å². The predicted molar refractivity (Wildman–Crippen MR) is 79.2 cm³/mol. The van der Waals surface area contributed by atoms with Gasteiger partial charge in [0, 0.05) is 25.2 Å². The molecule has 0 fully saturated rings. The second kappa shape index (κ2) is 5.75. The van der Waals surface area contributed by atoms with Gasteiger partial charge < -0.3 is 4.90 Å². The van der Waals surface area contributed by atoms with Gasteiger partial charge in [0.2, 0.25) is 0 Å². The average Bonchev–Trinajstić information content (AvgIpc) is 2.40. The van der Waals surface area contributed by atoms with Crippen molar-refractivity contribution in [2.75, 3.05) is 7.05 Å². The van der Waals surface area contributed by atoms with E-state index in [0.717, 1.165) is 16.7 Å². The minimum Gasteiger partial charge on any atom is -0.365 e. The molecule has 1 aromatic carbocycles. The summed E-state index contributed by atoms with van der Waals surface area (Å²) >= 11 is 0. The van der Waals surface area contributed by atoms with Crippen LogP contribution in [0, 0.1) is 24.1 Å². The van der Waals surface area contributed by atoms with Gasteiger partial charge in [-0.2, -0.15) is 5.26 Å². The molecule has 0 aromatic heterocycles. The third kappa shape index (κ3) is 2.80. The maximum absolute atomic E-state index is 14.1. The van der Waals surface area contributed by atoms with Crippen LogP contribution in [0.25, 0.3) is 5.57 Å². The highest BCUT2D eigenvalue weighted by Gasteiger charge is 2.19. The predicted octanol–water partition coefficient (Wildman–Crippen LogP) is 3.82. The fourth-order valence-electron chi connectivity index (χ4n) is 2.35. The van der Waals surface area contributed by atoms with E-state index in [0.29, 0.717) is 12.0 Å². The Bertz CT molecular complexity index is 615. The lowest BCUT2D eigenvalue weighted by Crippen LogP contribution is -2.26. The molecule has 0 aliphatic carbocycles. The Labute approximate surface area is 119 Å². The standard InChI is InChI=1S/C17H17FN2/c1-12-7-8-20(3)15(11-19)10-14(9-12)17-13(2)5-4-6-16(17)18/h4-9,15H,1,10H2,2-3H3. The van der Waals surface area contributed by atoms with Crippen LogP contribution in [-0.2, 0) is 0 Å². The lowest BCUT2D eigenvalue weighted by Gasteiger charge is -2.24. The minimum atomic E-state index is -0.315. The van der Waals surface area contributed by atoms with Gasteiger partial charge in [0.15, 0.2) is 0 Å². The molecular formula is C17H17FN2. The summed E-state index contributed by atoms with van der Waals surface area (Å²) in [4.78, 5) is 1.83. The van der Waals surface area contributed by atoms with E-state index >= 15 is 0 Å². The van der Waals surface area contributed by atoms with E-state index in [1.807, 2.05) is 43.3 Å². The Morgan fingerprint density at radius 1 is 1.45 bits per heavy atom. The molecule has 0 bridgehead atoms. The average molecular weight is 268 g/mol. The molecule has 0 saturated carbocycles. The Morgan fingerprint density at radius 3 is 2.85 bits per heavy atom. The molecule has 102 valence electrons. The van der Waals surface area contributed by atoms with Gasteiger partial charge in [-0.15, -0.1) is 0 Å². The summed E-state index contributed by atoms with van der Waals surface area (Å²) in [6, 6.07) is 6.96. The molecular weight excluding hydrogens is 251 g/mol. The molecule has 0 spiro atoms. The van der Waals surface area contributed by atoms with Crippen LogP contribution < -0.4 is 0 Å². The summed E-state index contributed by atoms with van der Waals surface area (Å²) in [7, 11) is 1.84. The first-order valence-electron chi connectivity index (χ1n) is 6.47. The van der Waals surface area contributed by atoms with Crippen molar-refractivity contribution in [2.24, 2.45) is 0 Å². The molecule has 2 rings (SSSR count). The van der Waals surface area contributed by atoms with Crippen molar-refractivity contribution < 1.29 is 4.39 Å². The number of nitrogens with zero attached hydrogens (tertiary/aromatic N) is 2. The van der Waals surface area contributed by atoms with Crippen LogP contribution in [0.4, 0.5) is 4.39 Å². The number of rotatable bonds is 1. The van der Waals surface area contributed by atoms with Crippen LogP contribution in [0.15, 0.2) is 48.7 Å². The lowest BCUT2D eigenvalue weighted by atomic mass is 9.92. The maximum atomic E-state index is 14.1. The van der Waals surface area contributed by atoms with Gasteiger partial charge in [-0.25, -0.2) is 4.39 Å². The first-order valence-corrected chi connectivity index (χ1v) is 6.47. The topological polar surface area (TPSA) is 27.0 Å². The molecule has 1 aliphatic rings. The van der Waals surface area contributed by atoms with Crippen LogP contribution in [0.5, 0.6) is 0 Å². The van der Waals surface area contributed by atoms with E-state index in [4.69, 9.17) is 0 Å². The monoisotopic (exact) mass is 268 g/mol. The summed E-state index contributed by atoms with van der Waals surface area (Å²) < 4.78 is 14.1. The van der Waals surface area contributed by atoms with Crippen molar-refractivity contribution in [3.8, 4) is 6.07 Å². The van der Waals surface area contributed by atoms with Crippen molar-refractivity contribution in [3.05, 3.63) is 65.6 Å². The number of hydrogen-bond donors (Lipinski definition) is 0. The molecule has 0 radical (unpaired) electrons. The molecule has 2 nitrogen and oxygen atoms in total. The highest BCUT2D eigenvalue weighted by atomic mass is 19.1. The SMILES string of the molecule is C=C1C=CN(C)C(C#N)CC(c2c(C)cccc2F)=C1. The van der Waals surface area contributed by atoms with E-state index in [1.54, 1.807) is 6.07 Å². The Kier molecular flexibility index (Phi) is 4.05. The van der Waals surface area contributed by atoms with Crippen molar-refractivity contribution in [2.45, 2.75) is 19.4 Å². The molecule has 0 amide bonds. The van der Waals surface area contributed by atoms with E-state index < -0.39 is 0 Å². The number of hydrogen-bond acceptors (Lipinski definition) is 2. The number of halogens is 1. The summed E-state index contributed by atoms with van der Waals surface area (Å²) in [5, 5.41) is 9.28. The maximum Gasteiger partial charge on any atom is 0.130 e. The summed E-state index contributed by atoms with van der Waals surface area (Å²) in [6.07, 6.45) is 5.99. The first kappa shape index (κ1) is 14.1. The van der Waals surface area contributed by atoms with E-state index in [9.17, 15) is 9.65 Å². The number of benzene rings is 1. The number of allylic oxidation sites excluding steroid dienone is 3. The molecule has 1 unspecified atom stereocenters. The smallest absolute Gasteiger partial charge is 0.130 e. The number of aryl methyl sites for hydroxylation is 1. The zero-order chi connectivity index (χ0) is 14.7. The molecule has 1 aliphatic heterocycles. The van der Waals surface area contributed by atoms with Crippen molar-refractivity contribution in [3.63, 3.8) is 0 Å². The van der Waals surface area contributed by atoms with Crippen LogP contribution in [0.1, 0.15) is 17.5 Å². The molecule has 1 aromatic rings. The van der Waals surface area contributed by atoms with Gasteiger partial charge in [0.05, 0.1) is 6.07 Å². The minimum absolute atomic E-state index is 0.257. The Morgan fingerprint density at radius 2 is 2.20 bits per heavy atom. The van der Waals surface area contributed by atoms with Crippen molar-refractivity contribution >= 4 is 5.57 Å². The van der Waals surface area contributed by atoms with Crippen molar-refractivity contribution in [1.29, 1.82) is 5.26 Å². The van der Waals surface area contributed by atoms with Crippen LogP contribution in [-0.4, -0.2) is 18.0 Å². The van der Waals surface area contributed by atoms with E-state index in [1.165, 1.54) is 6.07 Å². The molecule has 20 heavy (non-hydrogen) atoms. The normalized spacial score (nSPS) is 19.1. The highest BCUT2D eigenvalue weighted by molar-refractivity contribution is 5.72. The first-order chi connectivity index (χ1) is 9.52. The Balaban J connectivity index is 2.53. The Hall–Kier alpha value is -2.34. The van der Waals surface area contributed by atoms with Gasteiger partial charge in [-0.05, 0) is 35.8 Å². The zero-order valence-electron chi connectivity index (χ0n) is 11.7. The van der Waals surface area contributed by atoms with Gasteiger partial charge >= 0.3 is 0 Å². The molecule has 1 heterocycles. The van der Waals surface area contributed by atoms with Crippen molar-refractivity contribution in [1.82, 2.24) is 4.90 Å². The highest BCUT2D eigenvalue weighted by Crippen LogP contribution is 2.29.